The van der Waals surface area contributed by atoms with E-state index in [1.165, 1.54) is 33.4 Å². The van der Waals surface area contributed by atoms with Crippen molar-refractivity contribution in [3.8, 4) is 0 Å². The van der Waals surface area contributed by atoms with Crippen LogP contribution in [0.3, 0.4) is 0 Å². The Morgan fingerprint density at radius 3 is 0.304 bits per heavy atom. The Morgan fingerprint density at radius 2 is 0.206 bits per heavy atom. The van der Waals surface area contributed by atoms with Crippen molar-refractivity contribution in [2.24, 2.45) is 0 Å². The van der Waals surface area contributed by atoms with Crippen molar-refractivity contribution in [1.82, 2.24) is 0 Å². The highest BCUT2D eigenvalue weighted by Gasteiger charge is 2.19. The molecule has 0 unspecified atom stereocenters. The molecule has 0 aliphatic carbocycles. The monoisotopic (exact) mass is 1300 g/mol. The van der Waals surface area contributed by atoms with Gasteiger partial charge in [0.05, 0.1) is 0 Å². The van der Waals surface area contributed by atoms with Crippen LogP contribution in [0.2, 0.25) is 0 Å². The van der Waals surface area contributed by atoms with Gasteiger partial charge in [-0.25, -0.2) is 0 Å². The number of hydrogen-bond donors (Lipinski definition) is 0. The number of hydrogen-bond acceptors (Lipinski definition) is 0. The lowest BCUT2D eigenvalue weighted by Crippen LogP contribution is -2.10. The van der Waals surface area contributed by atoms with Crippen molar-refractivity contribution in [3.05, 3.63) is 325 Å². The molecular weight excluding hydrogens is 1230 g/mol. The summed E-state index contributed by atoms with van der Waals surface area (Å²) in [6.07, 6.45) is 0. The van der Waals surface area contributed by atoms with Gasteiger partial charge >= 0.3 is 0 Å². The Balaban J connectivity index is 1.18. The molecule has 13 aromatic rings. The zero-order chi connectivity index (χ0) is 72.3. The minimum Gasteiger partial charge on any atom is -0.0603 e. The molecule has 486 valence electrons. The predicted octanol–water partition coefficient (Wildman–Crippen LogP) is 25.3. The highest BCUT2D eigenvalue weighted by atomic mass is 14.2. The van der Waals surface area contributed by atoms with E-state index in [1.807, 2.05) is 36.4 Å². The highest BCUT2D eigenvalue weighted by molar-refractivity contribution is 6.00. The molecule has 0 nitrogen and oxygen atoms in total. The summed E-state index contributed by atoms with van der Waals surface area (Å²) in [5.41, 5.74) is 6.32. The third-order valence-corrected chi connectivity index (χ3v) is 18.8. The molecule has 0 bridgehead atoms. The summed E-state index contributed by atoms with van der Waals surface area (Å²) in [7, 11) is 0. The Labute approximate surface area is 607 Å². The first-order chi connectivity index (χ1) is 48.2. The smallest absolute Gasteiger partial charge is 0.0419 e. The molecule has 0 saturated heterocycles. The quantitative estimate of drug-likeness (QED) is 0.142. The molecule has 0 N–H and O–H groups in total. The maximum absolute atomic E-state index is 3.64. The average Bonchev–Trinajstić information content (AvgIpc) is 0.793. The van der Waals surface area contributed by atoms with Crippen molar-refractivity contribution >= 4 is 129 Å². The van der Waals surface area contributed by atoms with Crippen molar-refractivity contribution in [2.45, 2.75) is 157 Å². The number of benzene rings is 9. The molecule has 0 aliphatic heterocycles. The topological polar surface area (TPSA) is 0 Å². The van der Waals surface area contributed by atoms with E-state index in [4.69, 9.17) is 0 Å². The van der Waals surface area contributed by atoms with Crippen LogP contribution in [0.4, 0.5) is 0 Å². The summed E-state index contributed by atoms with van der Waals surface area (Å²) < 4.78 is 0. The second-order valence-corrected chi connectivity index (χ2v) is 32.9. The van der Waals surface area contributed by atoms with Crippen LogP contribution in [0, 0.1) is 146 Å². The average molecular weight is 1300 g/mol. The van der Waals surface area contributed by atoms with Gasteiger partial charge in [-0.1, -0.05) is 307 Å². The van der Waals surface area contributed by atoms with Crippen LogP contribution < -0.4 is 0 Å². The molecule has 0 heterocycles. The minimum atomic E-state index is -0.117. The van der Waals surface area contributed by atoms with E-state index in [0.29, 0.717) is 64.6 Å². The van der Waals surface area contributed by atoms with Crippen LogP contribution >= 0.6 is 0 Å². The van der Waals surface area contributed by atoms with Crippen LogP contribution in [-0.2, 0) is 32.5 Å². The fraction of sp³-hybridized carbons (Fsp3) is 0.235. The number of rotatable bonds is 0. The molecular formula is C102H78. The van der Waals surface area contributed by atoms with Gasteiger partial charge in [-0.2, -0.15) is 0 Å². The maximum atomic E-state index is 3.64. The highest BCUT2D eigenvalue weighted by Crippen LogP contribution is 2.32. The third-order valence-electron chi connectivity index (χ3n) is 18.8. The van der Waals surface area contributed by atoms with E-state index in [9.17, 15) is 0 Å². The normalized spacial score (nSPS) is 11.5. The Morgan fingerprint density at radius 1 is 0.118 bits per heavy atom. The van der Waals surface area contributed by atoms with Crippen molar-refractivity contribution in [2.75, 3.05) is 0 Å². The largest absolute Gasteiger partial charge is 0.0603 e. The fourth-order valence-corrected chi connectivity index (χ4v) is 12.0. The zero-order valence-corrected chi connectivity index (χ0v) is 61.9. The molecule has 13 rings (SSSR count). The van der Waals surface area contributed by atoms with E-state index >= 15 is 0 Å². The van der Waals surface area contributed by atoms with E-state index in [-0.39, 0.29) is 32.5 Å². The van der Waals surface area contributed by atoms with Crippen LogP contribution in [-0.4, -0.2) is 0 Å². The Hall–Kier alpha value is -12.3. The summed E-state index contributed by atoms with van der Waals surface area (Å²) in [5.74, 6) is 0. The molecule has 0 aromatic heterocycles. The van der Waals surface area contributed by atoms with Gasteiger partial charge in [-0.05, 0) is 175 Å². The molecule has 0 aliphatic rings. The molecule has 102 heavy (non-hydrogen) atoms. The summed E-state index contributed by atoms with van der Waals surface area (Å²) in [6.45, 7) is 40.0. The molecule has 0 spiro atoms. The van der Waals surface area contributed by atoms with Gasteiger partial charge in [0.1, 0.15) is 0 Å². The summed E-state index contributed by atoms with van der Waals surface area (Å²) in [4.78, 5) is 0. The van der Waals surface area contributed by atoms with Gasteiger partial charge in [0.2, 0.25) is 0 Å². The SMILES string of the molecule is CC(C)(C)c1ccc2c#cc3cc4c#cc5cc6c#cc7ccc(C(C)(C)C)cc7c#cc7cc(C(C)(C)C)ccc7c#cc6cc5c#cc5cc6c#cc7ccc(C(C)(C)C)cc7c#cc7cc(C(C)(C)C)ccc7c#cc6cc5c#cc4cc3c#cc3ccc(C(C)(C)C)cc3c#cc2c1. The van der Waals surface area contributed by atoms with Gasteiger partial charge in [0.25, 0.3) is 0 Å². The first-order valence-electron chi connectivity index (χ1n) is 34.9. The number of fused-ring (bicyclic) bond motifs is 12. The van der Waals surface area contributed by atoms with E-state index < -0.39 is 0 Å². The first-order valence-corrected chi connectivity index (χ1v) is 34.9. The predicted molar refractivity (Wildman–Crippen MR) is 427 cm³/mol. The Kier molecular flexibility index (Phi) is 17.5. The summed E-state index contributed by atoms with van der Waals surface area (Å²) in [6, 6.07) is 137. The molecule has 0 heteroatoms. The van der Waals surface area contributed by atoms with E-state index in [0.717, 1.165) is 64.6 Å². The maximum Gasteiger partial charge on any atom is 0.0419 e. The molecule has 0 radical (unpaired) electrons. The van der Waals surface area contributed by atoms with Crippen LogP contribution in [0.1, 0.15) is 158 Å². The lowest BCUT2D eigenvalue weighted by Gasteiger charge is -2.18. The van der Waals surface area contributed by atoms with Crippen LogP contribution in [0.25, 0.3) is 129 Å². The fourth-order valence-electron chi connectivity index (χ4n) is 12.0. The van der Waals surface area contributed by atoms with Crippen molar-refractivity contribution in [3.63, 3.8) is 0 Å². The van der Waals surface area contributed by atoms with Gasteiger partial charge in [0, 0.05) is 129 Å². The second-order valence-electron chi connectivity index (χ2n) is 32.9. The summed E-state index contributed by atoms with van der Waals surface area (Å²) >= 11 is 0. The third kappa shape index (κ3) is 15.0. The molecule has 0 amide bonds. The van der Waals surface area contributed by atoms with Crippen molar-refractivity contribution in [1.29, 1.82) is 0 Å². The zero-order valence-electron chi connectivity index (χ0n) is 61.9. The molecule has 0 fully saturated rings. The standard InChI is InChI=1S/C102H78/c1-97(2,3)91-49-43-67-19-25-73-55-79-31-32-81-57-75-27-21-69-45-51-93(99(7,8)9)63-87(69)39-40-89-65-95(101(13,14)15)53-47-71(89)23-29-77(75)59-83(81)35-36-84-60-78-30-24-72-48-54-96(102(16,17)18)66-90(72)42-41-88-64-94(100(10,11)12)52-46-70(88)22-28-76(78)58-82(84)34-33-80(79)56-74(73)26-20-68-44-50-92(98(4,5)6)62-86(68)38-37-85(67)61-91/h43-66H,1-18H3. The molecule has 0 saturated carbocycles. The van der Waals surface area contributed by atoms with E-state index in [2.05, 4.69) is 379 Å². The lowest BCUT2D eigenvalue weighted by molar-refractivity contribution is 0.591. The molecule has 13 aromatic carbocycles. The van der Waals surface area contributed by atoms with Crippen molar-refractivity contribution < 1.29 is 0 Å². The lowest BCUT2D eigenvalue weighted by atomic mass is 9.86. The van der Waals surface area contributed by atoms with Gasteiger partial charge < -0.3 is 0 Å². The minimum absolute atomic E-state index is 0.117. The van der Waals surface area contributed by atoms with Crippen LogP contribution in [0.5, 0.6) is 0 Å². The van der Waals surface area contributed by atoms with Crippen LogP contribution in [0.15, 0.2) is 146 Å². The van der Waals surface area contributed by atoms with Gasteiger partial charge in [-0.15, -0.1) is 0 Å². The molecule has 0 atom stereocenters. The van der Waals surface area contributed by atoms with E-state index in [1.54, 1.807) is 0 Å². The van der Waals surface area contributed by atoms with Gasteiger partial charge in [-0.3, -0.25) is 0 Å². The second kappa shape index (κ2) is 26.1. The first kappa shape index (κ1) is 68.2. The summed E-state index contributed by atoms with van der Waals surface area (Å²) in [5, 5.41) is 18.2. The Bertz CT molecular complexity index is 5030. The van der Waals surface area contributed by atoms with Gasteiger partial charge in [0.15, 0.2) is 0 Å².